The van der Waals surface area contributed by atoms with Gasteiger partial charge in [-0.25, -0.2) is 0 Å². The molecule has 0 aliphatic carbocycles. The summed E-state index contributed by atoms with van der Waals surface area (Å²) >= 11 is 85.0. The van der Waals surface area contributed by atoms with E-state index in [2.05, 4.69) is 204 Å². The van der Waals surface area contributed by atoms with E-state index in [1.165, 1.54) is 55.9 Å². The number of rotatable bonds is 6. The Hall–Kier alpha value is -3.44. The van der Waals surface area contributed by atoms with E-state index in [0.717, 1.165) is 73.1 Å². The van der Waals surface area contributed by atoms with Gasteiger partial charge in [0.1, 0.15) is 5.78 Å². The topological polar surface area (TPSA) is 49.6 Å². The number of anilines is 3. The van der Waals surface area contributed by atoms with Crippen LogP contribution >= 0.6 is 223 Å². The molecule has 11 rings (SSSR count). The molecule has 0 amide bonds. The maximum Gasteiger partial charge on any atom is 0.160 e. The number of Topliss-reactive ketones (excluding diaryl/α,β-unsaturated/α-hetero) is 1. The highest BCUT2D eigenvalue weighted by molar-refractivity contribution is 9.38. The van der Waals surface area contributed by atoms with Gasteiger partial charge in [0.25, 0.3) is 0 Å². The van der Waals surface area contributed by atoms with Crippen LogP contribution in [0.25, 0.3) is 22.3 Å². The summed E-state index contributed by atoms with van der Waals surface area (Å²) in [6, 6.07) is 65.8. The number of benzene rings is 11. The number of para-hydroxylation sites is 1. The Morgan fingerprint density at radius 2 is 0.810 bits per heavy atom. The SMILES string of the molecule is CC(=O)Cc1ccccc1C.Cc1c(Br)cc(Br)cc1Br.Cc1c(Cl)c(Cl)c(Cl)c(Cl)c1Cl.Cc1c(Cl)cc(Cl)cc1Cl.Cc1c(Cl)ccc(Cl)c1-c1ccccc1.Cc1c(Cl)cccc1-c1ccccc1.Cc1cc(N(C)C)c(C)c(N(C)C)c1.Cc1ccccc1C(Br)(Br)Br.Cc1ccccc1N. The Morgan fingerprint density at radius 1 is 0.390 bits per heavy atom. The number of hydrogen-bond acceptors (Lipinski definition) is 4. The van der Waals surface area contributed by atoms with Gasteiger partial charge in [-0.1, -0.05) is 363 Å². The smallest absolute Gasteiger partial charge is 0.160 e. The second-order valence-electron chi connectivity index (χ2n) is 24.0. The highest BCUT2D eigenvalue weighted by atomic mass is 80.0. The van der Waals surface area contributed by atoms with Crippen molar-refractivity contribution in [2.24, 2.45) is 0 Å². The highest BCUT2D eigenvalue weighted by Gasteiger charge is 2.22. The average Bonchev–Trinajstić information content (AvgIpc) is 0.798. The Labute approximate surface area is 728 Å². The molecule has 0 aliphatic heterocycles. The minimum atomic E-state index is -0.279. The normalized spacial score (nSPS) is 10.2. The van der Waals surface area contributed by atoms with E-state index in [4.69, 9.17) is 133 Å². The predicted octanol–water partition coefficient (Wildman–Crippen LogP) is 33.2. The summed E-state index contributed by atoms with van der Waals surface area (Å²) in [7, 11) is 8.34. The third kappa shape index (κ3) is 32.1. The molecule has 0 aliphatic rings. The van der Waals surface area contributed by atoms with E-state index in [0.29, 0.717) is 37.1 Å². The number of ketones is 1. The molecule has 2 N–H and O–H groups in total. The molecule has 0 radical (unpaired) electrons. The zero-order valence-electron chi connectivity index (χ0n) is 60.6. The van der Waals surface area contributed by atoms with Gasteiger partial charge in [-0.2, -0.15) is 0 Å². The fourth-order valence-electron chi connectivity index (χ4n) is 9.40. The lowest BCUT2D eigenvalue weighted by Gasteiger charge is -2.23. The zero-order chi connectivity index (χ0) is 79.3. The van der Waals surface area contributed by atoms with E-state index in [-0.39, 0.29) is 23.0 Å². The quantitative estimate of drug-likeness (QED) is 0.0780. The van der Waals surface area contributed by atoms with E-state index in [1.807, 2.05) is 180 Å². The summed E-state index contributed by atoms with van der Waals surface area (Å²) in [4.78, 5) is 15.1. The molecule has 0 fully saturated rings. The number of hydrogen-bond donors (Lipinski definition) is 1. The van der Waals surface area contributed by atoms with Crippen molar-refractivity contribution in [3.63, 3.8) is 0 Å². The van der Waals surface area contributed by atoms with E-state index in [1.54, 1.807) is 26.0 Å². The minimum absolute atomic E-state index is 0.193. The largest absolute Gasteiger partial charge is 0.399 e. The van der Waals surface area contributed by atoms with Crippen molar-refractivity contribution in [1.82, 2.24) is 0 Å². The number of alkyl halides is 3. The Kier molecular flexibility index (Phi) is 43.5. The first-order chi connectivity index (χ1) is 49.1. The molecule has 21 heteroatoms. The van der Waals surface area contributed by atoms with Gasteiger partial charge in [-0.15, -0.1) is 0 Å². The predicted molar refractivity (Wildman–Crippen MR) is 490 cm³/mol. The summed E-state index contributed by atoms with van der Waals surface area (Å²) in [5.41, 5.74) is 27.0. The molecule has 0 bridgehead atoms. The lowest BCUT2D eigenvalue weighted by molar-refractivity contribution is -0.116. The molecular formula is C84H82Br6Cl11N3O. The van der Waals surface area contributed by atoms with Gasteiger partial charge >= 0.3 is 0 Å². The first-order valence-corrected chi connectivity index (χ1v) is 41.0. The van der Waals surface area contributed by atoms with Gasteiger partial charge in [0.2, 0.25) is 0 Å². The number of aryl methyl sites for hydroxylation is 4. The van der Waals surface area contributed by atoms with E-state index < -0.39 is 0 Å². The second-order valence-corrected chi connectivity index (χ2v) is 37.8. The Bertz CT molecular complexity index is 4380. The summed E-state index contributed by atoms with van der Waals surface area (Å²) in [5.74, 6) is 0.222. The molecule has 11 aromatic carbocycles. The molecule has 0 atom stereocenters. The number of nitrogens with two attached hydrogens (primary N) is 1. The third-order valence-corrected chi connectivity index (χ3v) is 23.5. The van der Waals surface area contributed by atoms with Gasteiger partial charge in [0, 0.05) is 101 Å². The van der Waals surface area contributed by atoms with E-state index >= 15 is 0 Å². The molecule has 0 saturated heterocycles. The van der Waals surface area contributed by atoms with Crippen LogP contribution in [0.2, 0.25) is 55.2 Å². The van der Waals surface area contributed by atoms with Crippen LogP contribution in [0.4, 0.5) is 17.1 Å². The second kappa shape index (κ2) is 47.7. The molecule has 11 aromatic rings. The zero-order valence-corrected chi connectivity index (χ0v) is 78.4. The van der Waals surface area contributed by atoms with Gasteiger partial charge in [0.15, 0.2) is 2.14 Å². The molecule has 0 aromatic heterocycles. The van der Waals surface area contributed by atoms with Crippen molar-refractivity contribution in [1.29, 1.82) is 0 Å². The van der Waals surface area contributed by atoms with Crippen LogP contribution < -0.4 is 15.5 Å². The van der Waals surface area contributed by atoms with E-state index in [9.17, 15) is 4.79 Å². The Balaban J connectivity index is 0.000000308. The summed E-state index contributed by atoms with van der Waals surface area (Å²) in [6.45, 7) is 21.7. The van der Waals surface area contributed by atoms with Crippen molar-refractivity contribution in [2.75, 3.05) is 43.7 Å². The highest BCUT2D eigenvalue weighted by Crippen LogP contribution is 2.46. The first kappa shape index (κ1) is 95.8. The van der Waals surface area contributed by atoms with Crippen LogP contribution in [-0.2, 0) is 13.4 Å². The van der Waals surface area contributed by atoms with Crippen LogP contribution in [0.1, 0.15) is 73.7 Å². The summed E-state index contributed by atoms with van der Waals surface area (Å²) in [6.07, 6.45) is 0.562. The molecule has 0 saturated carbocycles. The van der Waals surface area contributed by atoms with Gasteiger partial charge < -0.3 is 15.5 Å². The standard InChI is InChI=1S/C13H10Cl2.C13H11Cl.C12H20N2.C10H12O.C8H7Br3.C7H5Br3.C7H3Cl5.C7H5Cl3.C7H9N/c1-9-11(14)7-8-12(15)13(9)10-5-3-2-4-6-10;1-10-12(8-5-9-13(10)14)11-6-3-2-4-7-11;1-9-7-11(13(3)4)10(2)12(8-9)14(5)6;1-8-5-3-4-6-10(8)7-9(2)11;1-6-4-2-3-5-7(6)8(9,10)11;1-4-6(9)2-5(8)3-7(4)10;1-2-3(8)5(10)7(12)6(11)4(2)9;1-4-6(9)2-5(8)3-7(4)10;1-6-4-2-3-5-7(6)8/h2-8H,1H3;2-9H,1H3;7-8H,1-6H3;3-6H,7H2,1-2H3;2-5H,1H3;2-3H,1H3;1H3;2-3H,1H3;2-5H,8H2,1H3. The lowest BCUT2D eigenvalue weighted by atomic mass is 10.0. The van der Waals surface area contributed by atoms with Crippen LogP contribution in [-0.4, -0.2) is 34.0 Å². The fourth-order valence-corrected chi connectivity index (χ4v) is 15.7. The molecular weight excluding hydrogens is 1940 g/mol. The molecule has 4 nitrogen and oxygen atoms in total. The molecule has 0 spiro atoms. The van der Waals surface area contributed by atoms with Crippen molar-refractivity contribution < 1.29 is 4.79 Å². The average molecular weight is 2020 g/mol. The molecule has 0 unspecified atom stereocenters. The Morgan fingerprint density at radius 3 is 1.24 bits per heavy atom. The van der Waals surface area contributed by atoms with Crippen molar-refractivity contribution >= 4 is 246 Å². The number of carbonyl (C=O) groups excluding carboxylic acids is 1. The minimum Gasteiger partial charge on any atom is -0.399 e. The molecule has 0 heterocycles. The third-order valence-electron chi connectivity index (χ3n) is 15.5. The first-order valence-electron chi connectivity index (χ1n) is 32.1. The fraction of sp³-hybridized carbons (Fsp3) is 0.202. The summed E-state index contributed by atoms with van der Waals surface area (Å²) in [5, 5.41) is 5.46. The van der Waals surface area contributed by atoms with Gasteiger partial charge in [-0.05, 0) is 220 Å². The van der Waals surface area contributed by atoms with Crippen LogP contribution in [0.3, 0.4) is 0 Å². The molecule has 558 valence electrons. The van der Waals surface area contributed by atoms with Crippen LogP contribution in [0.5, 0.6) is 0 Å². The van der Waals surface area contributed by atoms with Crippen LogP contribution in [0.15, 0.2) is 214 Å². The summed E-state index contributed by atoms with van der Waals surface area (Å²) < 4.78 is 3.04. The maximum absolute atomic E-state index is 10.8. The van der Waals surface area contributed by atoms with Gasteiger partial charge in [0.05, 0.1) is 25.1 Å². The van der Waals surface area contributed by atoms with Crippen molar-refractivity contribution in [3.8, 4) is 22.3 Å². The number of carbonyl (C=O) groups is 1. The number of nitrogens with zero attached hydrogens (tertiary/aromatic N) is 2. The van der Waals surface area contributed by atoms with Gasteiger partial charge in [-0.3, -0.25) is 4.79 Å². The van der Waals surface area contributed by atoms with Crippen molar-refractivity contribution in [2.45, 2.75) is 84.7 Å². The van der Waals surface area contributed by atoms with Crippen molar-refractivity contribution in [3.05, 3.63) is 336 Å². The number of nitrogen functional groups attached to an aromatic ring is 1. The maximum atomic E-state index is 10.8. The van der Waals surface area contributed by atoms with Crippen LogP contribution in [0, 0.1) is 69.2 Å². The lowest BCUT2D eigenvalue weighted by Crippen LogP contribution is -2.15. The number of halogens is 17. The molecule has 105 heavy (non-hydrogen) atoms. The monoisotopic (exact) mass is 2010 g/mol.